The molecule has 1 amide bonds. The van der Waals surface area contributed by atoms with Crippen molar-refractivity contribution >= 4 is 28.8 Å². The van der Waals surface area contributed by atoms with Crippen molar-refractivity contribution < 1.29 is 4.79 Å². The fraction of sp³-hybridized carbons (Fsp3) is 0.556. The Kier molecular flexibility index (Phi) is 5.59. The Morgan fingerprint density at radius 1 is 1.26 bits per heavy atom. The van der Waals surface area contributed by atoms with Gasteiger partial charge in [-0.25, -0.2) is 9.78 Å². The Bertz CT molecular complexity index is 995. The molecule has 1 saturated heterocycles. The fourth-order valence-corrected chi connectivity index (χ4v) is 4.22. The van der Waals surface area contributed by atoms with Gasteiger partial charge in [0.2, 0.25) is 5.91 Å². The van der Waals surface area contributed by atoms with Crippen LogP contribution < -0.4 is 11.2 Å². The van der Waals surface area contributed by atoms with Crippen molar-refractivity contribution in [1.29, 1.82) is 0 Å². The number of imidazole rings is 1. The molecule has 0 aromatic carbocycles. The summed E-state index contributed by atoms with van der Waals surface area (Å²) < 4.78 is 4.15. The minimum atomic E-state index is -0.425. The van der Waals surface area contributed by atoms with Gasteiger partial charge in [-0.1, -0.05) is 24.8 Å². The first-order valence-electron chi connectivity index (χ1n) is 9.02. The van der Waals surface area contributed by atoms with Crippen molar-refractivity contribution in [3.8, 4) is 0 Å². The van der Waals surface area contributed by atoms with Gasteiger partial charge >= 0.3 is 5.69 Å². The normalized spacial score (nSPS) is 15.4. The molecule has 0 aliphatic carbocycles. The number of hydrogen-bond acceptors (Lipinski definition) is 5. The maximum atomic E-state index is 12.6. The van der Waals surface area contributed by atoms with Gasteiger partial charge in [0.25, 0.3) is 5.56 Å². The Labute approximate surface area is 161 Å². The van der Waals surface area contributed by atoms with Gasteiger partial charge in [-0.2, -0.15) is 0 Å². The maximum Gasteiger partial charge on any atom is 0.332 e. The second-order valence-corrected chi connectivity index (χ2v) is 7.97. The molecule has 0 spiro atoms. The molecular formula is C18H25N5O3S. The number of piperidine rings is 1. The molecule has 0 N–H and O–H groups in total. The number of thioether (sulfide) groups is 1. The van der Waals surface area contributed by atoms with E-state index in [0.29, 0.717) is 28.8 Å². The van der Waals surface area contributed by atoms with Crippen molar-refractivity contribution in [3.05, 3.63) is 33.5 Å². The summed E-state index contributed by atoms with van der Waals surface area (Å²) in [6.07, 6.45) is 3.73. The van der Waals surface area contributed by atoms with Crippen molar-refractivity contribution in [2.24, 2.45) is 20.0 Å². The third kappa shape index (κ3) is 3.60. The highest BCUT2D eigenvalue weighted by atomic mass is 32.2. The standard InChI is InChI=1S/C18H25N5O3S/c1-5-8-23-14-15(20(3)18(26)21(4)16(14)25)19-17(23)27-11-13(24)22-9-6-12(2)7-10-22/h5,12H,1,6-11H2,2-4H3. The van der Waals surface area contributed by atoms with E-state index in [9.17, 15) is 14.4 Å². The zero-order chi connectivity index (χ0) is 19.7. The Hall–Kier alpha value is -2.29. The number of likely N-dealkylation sites (tertiary alicyclic amines) is 1. The van der Waals surface area contributed by atoms with E-state index in [0.717, 1.165) is 30.5 Å². The molecule has 27 heavy (non-hydrogen) atoms. The number of aromatic nitrogens is 4. The smallest absolute Gasteiger partial charge is 0.332 e. The lowest BCUT2D eigenvalue weighted by molar-refractivity contribution is -0.129. The number of allylic oxidation sites excluding steroid dienone is 1. The van der Waals surface area contributed by atoms with E-state index in [2.05, 4.69) is 18.5 Å². The van der Waals surface area contributed by atoms with Crippen LogP contribution in [0.4, 0.5) is 0 Å². The minimum Gasteiger partial charge on any atom is -0.342 e. The lowest BCUT2D eigenvalue weighted by Crippen LogP contribution is -2.39. The Balaban J connectivity index is 1.91. The maximum absolute atomic E-state index is 12.6. The summed E-state index contributed by atoms with van der Waals surface area (Å²) in [6.45, 7) is 7.91. The summed E-state index contributed by atoms with van der Waals surface area (Å²) in [5, 5.41) is 0.543. The summed E-state index contributed by atoms with van der Waals surface area (Å²) >= 11 is 1.29. The van der Waals surface area contributed by atoms with E-state index < -0.39 is 11.2 Å². The largest absolute Gasteiger partial charge is 0.342 e. The topological polar surface area (TPSA) is 82.1 Å². The second kappa shape index (κ2) is 7.75. The number of amides is 1. The predicted octanol–water partition coefficient (Wildman–Crippen LogP) is 0.970. The molecule has 1 aliphatic rings. The molecule has 0 unspecified atom stereocenters. The van der Waals surface area contributed by atoms with Crippen molar-refractivity contribution in [1.82, 2.24) is 23.6 Å². The van der Waals surface area contributed by atoms with E-state index in [-0.39, 0.29) is 11.7 Å². The highest BCUT2D eigenvalue weighted by Gasteiger charge is 2.23. The third-order valence-electron chi connectivity index (χ3n) is 5.09. The lowest BCUT2D eigenvalue weighted by atomic mass is 9.99. The molecular weight excluding hydrogens is 366 g/mol. The average molecular weight is 391 g/mol. The van der Waals surface area contributed by atoms with E-state index >= 15 is 0 Å². The molecule has 0 saturated carbocycles. The van der Waals surface area contributed by atoms with Gasteiger partial charge in [-0.15, -0.1) is 6.58 Å². The highest BCUT2D eigenvalue weighted by molar-refractivity contribution is 7.99. The fourth-order valence-electron chi connectivity index (χ4n) is 3.31. The SMILES string of the molecule is C=CCn1c(SCC(=O)N2CCC(C)CC2)nc2c1c(=O)n(C)c(=O)n2C. The predicted molar refractivity (Wildman–Crippen MR) is 106 cm³/mol. The van der Waals surface area contributed by atoms with Gasteiger partial charge in [0.05, 0.1) is 5.75 Å². The number of fused-ring (bicyclic) bond motifs is 1. The van der Waals surface area contributed by atoms with Crippen LogP contribution in [0.25, 0.3) is 11.2 Å². The Morgan fingerprint density at radius 3 is 2.56 bits per heavy atom. The minimum absolute atomic E-state index is 0.0749. The van der Waals surface area contributed by atoms with Crippen LogP contribution in [0.1, 0.15) is 19.8 Å². The summed E-state index contributed by atoms with van der Waals surface area (Å²) in [7, 11) is 3.03. The van der Waals surface area contributed by atoms with Gasteiger partial charge in [-0.3, -0.25) is 18.7 Å². The third-order valence-corrected chi connectivity index (χ3v) is 6.05. The van der Waals surface area contributed by atoms with E-state index in [4.69, 9.17) is 0 Å². The molecule has 0 atom stereocenters. The second-order valence-electron chi connectivity index (χ2n) is 7.02. The summed E-state index contributed by atoms with van der Waals surface area (Å²) in [5.74, 6) is 0.991. The Morgan fingerprint density at radius 2 is 1.93 bits per heavy atom. The number of hydrogen-bond donors (Lipinski definition) is 0. The molecule has 3 heterocycles. The molecule has 0 bridgehead atoms. The monoisotopic (exact) mass is 391 g/mol. The molecule has 3 rings (SSSR count). The molecule has 2 aromatic heterocycles. The number of nitrogens with zero attached hydrogens (tertiary/aromatic N) is 5. The van der Waals surface area contributed by atoms with E-state index in [1.165, 1.54) is 23.4 Å². The molecule has 2 aromatic rings. The number of carbonyl (C=O) groups excluding carboxylic acids is 1. The first-order valence-corrected chi connectivity index (χ1v) is 10.0. The van der Waals surface area contributed by atoms with Crippen LogP contribution in [-0.4, -0.2) is 48.3 Å². The van der Waals surface area contributed by atoms with Crippen LogP contribution >= 0.6 is 11.8 Å². The highest BCUT2D eigenvalue weighted by Crippen LogP contribution is 2.23. The van der Waals surface area contributed by atoms with Gasteiger partial charge < -0.3 is 9.47 Å². The van der Waals surface area contributed by atoms with Gasteiger partial charge in [0.15, 0.2) is 16.3 Å². The molecule has 0 radical (unpaired) electrons. The summed E-state index contributed by atoms with van der Waals surface area (Å²) in [4.78, 5) is 43.7. The molecule has 146 valence electrons. The zero-order valence-electron chi connectivity index (χ0n) is 16.0. The number of rotatable bonds is 5. The molecule has 1 fully saturated rings. The van der Waals surface area contributed by atoms with Crippen LogP contribution in [0, 0.1) is 5.92 Å². The lowest BCUT2D eigenvalue weighted by Gasteiger charge is -2.30. The zero-order valence-corrected chi connectivity index (χ0v) is 16.8. The molecule has 8 nitrogen and oxygen atoms in total. The van der Waals surface area contributed by atoms with Crippen molar-refractivity contribution in [2.45, 2.75) is 31.5 Å². The summed E-state index contributed by atoms with van der Waals surface area (Å²) in [5.41, 5.74) is -0.149. The van der Waals surface area contributed by atoms with E-state index in [1.54, 1.807) is 17.7 Å². The van der Waals surface area contributed by atoms with Crippen LogP contribution in [0.5, 0.6) is 0 Å². The van der Waals surface area contributed by atoms with Crippen molar-refractivity contribution in [2.75, 3.05) is 18.8 Å². The van der Waals surface area contributed by atoms with Crippen LogP contribution in [0.2, 0.25) is 0 Å². The van der Waals surface area contributed by atoms with Crippen LogP contribution in [0.3, 0.4) is 0 Å². The molecule has 1 aliphatic heterocycles. The number of aryl methyl sites for hydroxylation is 1. The van der Waals surface area contributed by atoms with Gasteiger partial charge in [0, 0.05) is 33.7 Å². The quantitative estimate of drug-likeness (QED) is 0.560. The van der Waals surface area contributed by atoms with Crippen LogP contribution in [-0.2, 0) is 25.4 Å². The first kappa shape index (κ1) is 19.5. The van der Waals surface area contributed by atoms with Gasteiger partial charge in [0.1, 0.15) is 0 Å². The first-order chi connectivity index (χ1) is 12.8. The molecule has 9 heteroatoms. The van der Waals surface area contributed by atoms with Crippen molar-refractivity contribution in [3.63, 3.8) is 0 Å². The van der Waals surface area contributed by atoms with Gasteiger partial charge in [-0.05, 0) is 18.8 Å². The van der Waals surface area contributed by atoms with E-state index in [1.807, 2.05) is 4.90 Å². The van der Waals surface area contributed by atoms with Crippen LogP contribution in [0.15, 0.2) is 27.4 Å². The average Bonchev–Trinajstić information content (AvgIpc) is 3.02. The summed E-state index contributed by atoms with van der Waals surface area (Å²) in [6, 6.07) is 0. The number of carbonyl (C=O) groups is 1.